The minimum Gasteiger partial charge on any atom is -0.311 e. The molecule has 0 saturated carbocycles. The third-order valence-corrected chi connectivity index (χ3v) is 1.69. The molecule has 0 spiro atoms. The summed E-state index contributed by atoms with van der Waals surface area (Å²) >= 11 is 0. The lowest BCUT2D eigenvalue weighted by Gasteiger charge is -1.98. The van der Waals surface area contributed by atoms with E-state index in [0.29, 0.717) is 5.92 Å². The van der Waals surface area contributed by atoms with Crippen LogP contribution in [0.5, 0.6) is 0 Å². The van der Waals surface area contributed by atoms with Crippen molar-refractivity contribution in [2.75, 3.05) is 19.6 Å². The predicted octanol–water partition coefficient (Wildman–Crippen LogP) is 0.687. The van der Waals surface area contributed by atoms with Crippen molar-refractivity contribution in [3.63, 3.8) is 0 Å². The maximum atomic E-state index is 4.36. The second-order valence-corrected chi connectivity index (χ2v) is 2.50. The molecule has 1 unspecified atom stereocenters. The summed E-state index contributed by atoms with van der Waals surface area (Å²) in [4.78, 5) is 4.36. The van der Waals surface area contributed by atoms with Gasteiger partial charge in [0.1, 0.15) is 0 Å². The average molecular weight is 126 g/mol. The molecule has 1 saturated heterocycles. The third-order valence-electron chi connectivity index (χ3n) is 1.69. The van der Waals surface area contributed by atoms with Crippen molar-refractivity contribution in [2.24, 2.45) is 10.9 Å². The summed E-state index contributed by atoms with van der Waals surface area (Å²) in [6.07, 6.45) is 0. The lowest BCUT2D eigenvalue weighted by molar-refractivity contribution is 0.740. The van der Waals surface area contributed by atoms with Crippen LogP contribution in [0.3, 0.4) is 0 Å². The molecule has 1 rings (SSSR count). The Morgan fingerprint density at radius 3 is 3.00 bits per heavy atom. The summed E-state index contributed by atoms with van der Waals surface area (Å²) in [5.41, 5.74) is 1.34. The molecule has 2 nitrogen and oxygen atoms in total. The first-order chi connectivity index (χ1) is 4.34. The Bertz CT molecular complexity index is 118. The van der Waals surface area contributed by atoms with E-state index in [1.54, 1.807) is 0 Å². The molecule has 52 valence electrons. The molecular weight excluding hydrogens is 112 g/mol. The summed E-state index contributed by atoms with van der Waals surface area (Å²) in [6, 6.07) is 0. The first kappa shape index (κ1) is 6.75. The third kappa shape index (κ3) is 1.52. The van der Waals surface area contributed by atoms with E-state index in [4.69, 9.17) is 0 Å². The Morgan fingerprint density at radius 1 is 1.78 bits per heavy atom. The molecule has 0 aliphatic carbocycles. The lowest BCUT2D eigenvalue weighted by atomic mass is 10.1. The summed E-state index contributed by atoms with van der Waals surface area (Å²) in [6.45, 7) is 7.35. The van der Waals surface area contributed by atoms with E-state index < -0.39 is 0 Å². The first-order valence-corrected chi connectivity index (χ1v) is 3.58. The Labute approximate surface area is 56.4 Å². The van der Waals surface area contributed by atoms with Crippen LogP contribution in [-0.4, -0.2) is 25.3 Å². The molecule has 0 aromatic carbocycles. The standard InChI is InChI=1S/C7H14N2/c1-3-9-7-5-8-4-6(7)2/h6,8H,3-5H2,1-2H3. The van der Waals surface area contributed by atoms with Gasteiger partial charge in [0.05, 0.1) is 0 Å². The summed E-state index contributed by atoms with van der Waals surface area (Å²) < 4.78 is 0. The molecule has 1 N–H and O–H groups in total. The summed E-state index contributed by atoms with van der Waals surface area (Å²) in [5, 5.41) is 3.28. The van der Waals surface area contributed by atoms with Gasteiger partial charge in [-0.1, -0.05) is 6.92 Å². The molecule has 1 fully saturated rings. The zero-order valence-corrected chi connectivity index (χ0v) is 6.15. The highest BCUT2D eigenvalue weighted by atomic mass is 14.9. The molecule has 0 aromatic rings. The van der Waals surface area contributed by atoms with Gasteiger partial charge in [-0.15, -0.1) is 0 Å². The molecule has 2 heteroatoms. The molecule has 0 amide bonds. The maximum absolute atomic E-state index is 4.36. The lowest BCUT2D eigenvalue weighted by Crippen LogP contribution is -2.08. The maximum Gasteiger partial charge on any atom is 0.0361 e. The first-order valence-electron chi connectivity index (χ1n) is 3.58. The number of hydrogen-bond acceptors (Lipinski definition) is 2. The number of nitrogens with one attached hydrogen (secondary N) is 1. The molecule has 1 heterocycles. The van der Waals surface area contributed by atoms with Crippen LogP contribution in [0.1, 0.15) is 13.8 Å². The molecule has 1 atom stereocenters. The number of rotatable bonds is 1. The van der Waals surface area contributed by atoms with E-state index in [9.17, 15) is 0 Å². The van der Waals surface area contributed by atoms with Crippen molar-refractivity contribution < 1.29 is 0 Å². The van der Waals surface area contributed by atoms with Crippen molar-refractivity contribution in [1.82, 2.24) is 5.32 Å². The van der Waals surface area contributed by atoms with Crippen molar-refractivity contribution in [3.8, 4) is 0 Å². The largest absolute Gasteiger partial charge is 0.311 e. The molecule has 0 bridgehead atoms. The van der Waals surface area contributed by atoms with Crippen LogP contribution in [0, 0.1) is 5.92 Å². The van der Waals surface area contributed by atoms with Gasteiger partial charge in [0.25, 0.3) is 0 Å². The fraction of sp³-hybridized carbons (Fsp3) is 0.857. The van der Waals surface area contributed by atoms with Gasteiger partial charge in [-0.2, -0.15) is 0 Å². The van der Waals surface area contributed by atoms with E-state index in [-0.39, 0.29) is 0 Å². The van der Waals surface area contributed by atoms with Crippen molar-refractivity contribution >= 4 is 5.71 Å². The van der Waals surface area contributed by atoms with Gasteiger partial charge in [-0.05, 0) is 6.92 Å². The topological polar surface area (TPSA) is 24.4 Å². The van der Waals surface area contributed by atoms with Gasteiger partial charge in [-0.25, -0.2) is 0 Å². The second-order valence-electron chi connectivity index (χ2n) is 2.50. The molecule has 1 aliphatic heterocycles. The number of hydrogen-bond donors (Lipinski definition) is 1. The van der Waals surface area contributed by atoms with Crippen LogP contribution < -0.4 is 5.32 Å². The van der Waals surface area contributed by atoms with Crippen LogP contribution in [-0.2, 0) is 0 Å². The van der Waals surface area contributed by atoms with Crippen molar-refractivity contribution in [3.05, 3.63) is 0 Å². The van der Waals surface area contributed by atoms with E-state index in [2.05, 4.69) is 24.2 Å². The van der Waals surface area contributed by atoms with Gasteiger partial charge in [0.15, 0.2) is 0 Å². The van der Waals surface area contributed by atoms with Crippen LogP contribution in [0.4, 0.5) is 0 Å². The normalized spacial score (nSPS) is 31.8. The van der Waals surface area contributed by atoms with Crippen molar-refractivity contribution in [1.29, 1.82) is 0 Å². The summed E-state index contributed by atoms with van der Waals surface area (Å²) in [5.74, 6) is 0.671. The average Bonchev–Trinajstić information content (AvgIpc) is 2.18. The molecular formula is C7H14N2. The van der Waals surface area contributed by atoms with Crippen LogP contribution in [0.25, 0.3) is 0 Å². The second kappa shape index (κ2) is 2.97. The minimum absolute atomic E-state index is 0.671. The van der Waals surface area contributed by atoms with E-state index in [1.165, 1.54) is 5.71 Å². The number of aliphatic imine (C=N–C) groups is 1. The van der Waals surface area contributed by atoms with Gasteiger partial charge in [0.2, 0.25) is 0 Å². The Kier molecular flexibility index (Phi) is 2.22. The number of nitrogens with zero attached hydrogens (tertiary/aromatic N) is 1. The van der Waals surface area contributed by atoms with Crippen LogP contribution >= 0.6 is 0 Å². The van der Waals surface area contributed by atoms with E-state index in [1.807, 2.05) is 0 Å². The van der Waals surface area contributed by atoms with Crippen LogP contribution in [0.15, 0.2) is 4.99 Å². The van der Waals surface area contributed by atoms with Gasteiger partial charge >= 0.3 is 0 Å². The van der Waals surface area contributed by atoms with E-state index in [0.717, 1.165) is 19.6 Å². The molecule has 1 aliphatic rings. The summed E-state index contributed by atoms with van der Waals surface area (Å²) in [7, 11) is 0. The monoisotopic (exact) mass is 126 g/mol. The quantitative estimate of drug-likeness (QED) is 0.549. The SMILES string of the molecule is CCN=C1CNCC1C. The fourth-order valence-corrected chi connectivity index (χ4v) is 1.12. The minimum atomic E-state index is 0.671. The van der Waals surface area contributed by atoms with E-state index >= 15 is 0 Å². The highest BCUT2D eigenvalue weighted by Crippen LogP contribution is 2.02. The zero-order chi connectivity index (χ0) is 6.69. The van der Waals surface area contributed by atoms with Crippen molar-refractivity contribution in [2.45, 2.75) is 13.8 Å². The smallest absolute Gasteiger partial charge is 0.0361 e. The molecule has 0 radical (unpaired) electrons. The predicted molar refractivity (Wildman–Crippen MR) is 40.0 cm³/mol. The van der Waals surface area contributed by atoms with Gasteiger partial charge in [-0.3, -0.25) is 4.99 Å². The molecule has 9 heavy (non-hydrogen) atoms. The highest BCUT2D eigenvalue weighted by Gasteiger charge is 2.15. The Morgan fingerprint density at radius 2 is 2.56 bits per heavy atom. The highest BCUT2D eigenvalue weighted by molar-refractivity contribution is 5.90. The van der Waals surface area contributed by atoms with Gasteiger partial charge in [0, 0.05) is 31.3 Å². The zero-order valence-electron chi connectivity index (χ0n) is 6.15. The van der Waals surface area contributed by atoms with Crippen LogP contribution in [0.2, 0.25) is 0 Å². The molecule has 0 aromatic heterocycles. The van der Waals surface area contributed by atoms with Gasteiger partial charge < -0.3 is 5.32 Å². The fourth-order valence-electron chi connectivity index (χ4n) is 1.12. The Balaban J connectivity index is 2.48. The Hall–Kier alpha value is -0.370.